The molecule has 0 bridgehead atoms. The van der Waals surface area contributed by atoms with E-state index in [1.807, 2.05) is 13.8 Å². The second-order valence-electron chi connectivity index (χ2n) is 5.95. The molecule has 0 saturated carbocycles. The number of carbonyl (C=O) groups excluding carboxylic acids is 2. The highest BCUT2D eigenvalue weighted by atomic mass is 16.5. The largest absolute Gasteiger partial charge is 0.496 e. The Hall–Kier alpha value is -2.56. The maximum atomic E-state index is 12.3. The van der Waals surface area contributed by atoms with Gasteiger partial charge in [0.1, 0.15) is 5.75 Å². The number of methoxy groups -OCH3 is 1. The summed E-state index contributed by atoms with van der Waals surface area (Å²) < 4.78 is 12.4. The van der Waals surface area contributed by atoms with Crippen LogP contribution in [0.4, 0.5) is 0 Å². The Bertz CT molecular complexity index is 759. The Morgan fingerprint density at radius 3 is 2.38 bits per heavy atom. The summed E-state index contributed by atoms with van der Waals surface area (Å²) in [7, 11) is 1.50. The number of benzene rings is 1. The van der Waals surface area contributed by atoms with Gasteiger partial charge in [-0.3, -0.25) is 4.79 Å². The highest BCUT2D eigenvalue weighted by molar-refractivity contribution is 6.01. The Morgan fingerprint density at radius 1 is 1.12 bits per heavy atom. The number of aryl methyl sites for hydroxylation is 1. The third-order valence-electron chi connectivity index (χ3n) is 3.96. The van der Waals surface area contributed by atoms with Gasteiger partial charge >= 0.3 is 5.97 Å². The van der Waals surface area contributed by atoms with Gasteiger partial charge in [-0.15, -0.1) is 0 Å². The standard InChI is InChI=1S/C19H23NO4/c1-12(2)20-13(3)10-16(14(20)4)19(22)24-11-17(21)15-8-6-7-9-18(15)23-5/h6-10,12H,11H2,1-5H3. The summed E-state index contributed by atoms with van der Waals surface area (Å²) in [6, 6.07) is 8.92. The second-order valence-corrected chi connectivity index (χ2v) is 5.95. The lowest BCUT2D eigenvalue weighted by Crippen LogP contribution is -2.16. The smallest absolute Gasteiger partial charge is 0.340 e. The van der Waals surface area contributed by atoms with Crippen molar-refractivity contribution in [3.8, 4) is 5.75 Å². The first-order valence-corrected chi connectivity index (χ1v) is 7.88. The topological polar surface area (TPSA) is 57.5 Å². The molecule has 0 atom stereocenters. The molecule has 0 aliphatic rings. The van der Waals surface area contributed by atoms with Gasteiger partial charge < -0.3 is 14.0 Å². The van der Waals surface area contributed by atoms with Gasteiger partial charge in [0.2, 0.25) is 5.78 Å². The normalized spacial score (nSPS) is 10.8. The Morgan fingerprint density at radius 2 is 1.79 bits per heavy atom. The molecule has 2 rings (SSSR count). The first-order chi connectivity index (χ1) is 11.4. The number of hydrogen-bond donors (Lipinski definition) is 0. The van der Waals surface area contributed by atoms with E-state index >= 15 is 0 Å². The fourth-order valence-corrected chi connectivity index (χ4v) is 2.94. The first-order valence-electron chi connectivity index (χ1n) is 7.88. The van der Waals surface area contributed by atoms with Crippen molar-refractivity contribution in [2.24, 2.45) is 0 Å². The second kappa shape index (κ2) is 7.34. The van der Waals surface area contributed by atoms with E-state index in [2.05, 4.69) is 18.4 Å². The van der Waals surface area contributed by atoms with Gasteiger partial charge in [0, 0.05) is 17.4 Å². The Balaban J connectivity index is 2.11. The molecule has 0 saturated heterocycles. The van der Waals surface area contributed by atoms with Crippen molar-refractivity contribution in [3.05, 3.63) is 52.8 Å². The quantitative estimate of drug-likeness (QED) is 0.598. The zero-order valence-corrected chi connectivity index (χ0v) is 14.8. The van der Waals surface area contributed by atoms with Gasteiger partial charge in [-0.05, 0) is 45.9 Å². The number of nitrogens with zero attached hydrogens (tertiary/aromatic N) is 1. The SMILES string of the molecule is COc1ccccc1C(=O)COC(=O)c1cc(C)n(C(C)C)c1C. The zero-order valence-electron chi connectivity index (χ0n) is 14.8. The lowest BCUT2D eigenvalue weighted by atomic mass is 10.1. The summed E-state index contributed by atoms with van der Waals surface area (Å²) in [6.07, 6.45) is 0. The van der Waals surface area contributed by atoms with Gasteiger partial charge in [0.05, 0.1) is 18.2 Å². The molecular formula is C19H23NO4. The van der Waals surface area contributed by atoms with Crippen molar-refractivity contribution >= 4 is 11.8 Å². The van der Waals surface area contributed by atoms with Gasteiger partial charge in [-0.1, -0.05) is 12.1 Å². The summed E-state index contributed by atoms with van der Waals surface area (Å²) in [5.41, 5.74) is 2.73. The molecule has 0 spiro atoms. The molecule has 128 valence electrons. The van der Waals surface area contributed by atoms with Gasteiger partial charge in [0.25, 0.3) is 0 Å². The van der Waals surface area contributed by atoms with E-state index in [1.54, 1.807) is 30.3 Å². The van der Waals surface area contributed by atoms with Gasteiger partial charge in [0.15, 0.2) is 6.61 Å². The van der Waals surface area contributed by atoms with Crippen molar-refractivity contribution in [1.29, 1.82) is 0 Å². The average Bonchev–Trinajstić information content (AvgIpc) is 2.86. The van der Waals surface area contributed by atoms with Gasteiger partial charge in [-0.2, -0.15) is 0 Å². The van der Waals surface area contributed by atoms with E-state index < -0.39 is 5.97 Å². The number of aromatic nitrogens is 1. The molecule has 5 nitrogen and oxygen atoms in total. The summed E-state index contributed by atoms with van der Waals surface area (Å²) in [5, 5.41) is 0. The number of ketones is 1. The highest BCUT2D eigenvalue weighted by Crippen LogP contribution is 2.21. The number of carbonyl (C=O) groups is 2. The molecule has 24 heavy (non-hydrogen) atoms. The molecular weight excluding hydrogens is 306 g/mol. The molecule has 1 heterocycles. The molecule has 1 aromatic heterocycles. The predicted molar refractivity (Wildman–Crippen MR) is 91.9 cm³/mol. The van der Waals surface area contributed by atoms with Crippen LogP contribution in [0.1, 0.15) is 52.0 Å². The third kappa shape index (κ3) is 3.50. The summed E-state index contributed by atoms with van der Waals surface area (Å²) in [4.78, 5) is 24.6. The van der Waals surface area contributed by atoms with E-state index in [0.29, 0.717) is 16.9 Å². The molecule has 0 fully saturated rings. The monoisotopic (exact) mass is 329 g/mol. The molecule has 0 N–H and O–H groups in total. The molecule has 2 aromatic rings. The van der Waals surface area contributed by atoms with Crippen molar-refractivity contribution < 1.29 is 19.1 Å². The van der Waals surface area contributed by atoms with E-state index in [9.17, 15) is 9.59 Å². The van der Waals surface area contributed by atoms with Crippen LogP contribution >= 0.6 is 0 Å². The fraction of sp³-hybridized carbons (Fsp3) is 0.368. The minimum absolute atomic E-state index is 0.252. The summed E-state index contributed by atoms with van der Waals surface area (Å²) in [6.45, 7) is 7.63. The minimum Gasteiger partial charge on any atom is -0.496 e. The number of hydrogen-bond acceptors (Lipinski definition) is 4. The average molecular weight is 329 g/mol. The van der Waals surface area contributed by atoms with Gasteiger partial charge in [-0.25, -0.2) is 4.79 Å². The van der Waals surface area contributed by atoms with Crippen molar-refractivity contribution in [3.63, 3.8) is 0 Å². The van der Waals surface area contributed by atoms with E-state index in [1.165, 1.54) is 7.11 Å². The number of para-hydroxylation sites is 1. The summed E-state index contributed by atoms with van der Waals surface area (Å²) in [5.74, 6) is -0.312. The lowest BCUT2D eigenvalue weighted by molar-refractivity contribution is 0.0473. The van der Waals surface area contributed by atoms with E-state index in [0.717, 1.165) is 11.4 Å². The summed E-state index contributed by atoms with van der Waals surface area (Å²) >= 11 is 0. The highest BCUT2D eigenvalue weighted by Gasteiger charge is 2.20. The fourth-order valence-electron chi connectivity index (χ4n) is 2.94. The molecule has 0 amide bonds. The van der Waals surface area contributed by atoms with Crippen LogP contribution in [0.2, 0.25) is 0 Å². The van der Waals surface area contributed by atoms with Crippen LogP contribution in [0.5, 0.6) is 5.75 Å². The minimum atomic E-state index is -0.488. The molecule has 0 unspecified atom stereocenters. The number of ether oxygens (including phenoxy) is 2. The third-order valence-corrected chi connectivity index (χ3v) is 3.96. The van der Waals surface area contributed by atoms with Crippen LogP contribution in [0, 0.1) is 13.8 Å². The van der Waals surface area contributed by atoms with E-state index in [4.69, 9.17) is 9.47 Å². The van der Waals surface area contributed by atoms with Crippen LogP contribution < -0.4 is 4.74 Å². The number of rotatable bonds is 6. The maximum absolute atomic E-state index is 12.3. The molecule has 1 aromatic carbocycles. The number of esters is 1. The zero-order chi connectivity index (χ0) is 17.9. The Labute approximate surface area is 142 Å². The molecule has 0 radical (unpaired) electrons. The number of Topliss-reactive ketones (excluding diaryl/α,β-unsaturated/α-hetero) is 1. The van der Waals surface area contributed by atoms with Crippen LogP contribution in [-0.2, 0) is 4.74 Å². The first kappa shape index (κ1) is 17.8. The van der Waals surface area contributed by atoms with Crippen molar-refractivity contribution in [2.45, 2.75) is 33.7 Å². The predicted octanol–water partition coefficient (Wildman–Crippen LogP) is 3.73. The van der Waals surface area contributed by atoms with Crippen LogP contribution in [0.25, 0.3) is 0 Å². The lowest BCUT2D eigenvalue weighted by Gasteiger charge is -2.13. The van der Waals surface area contributed by atoms with Crippen molar-refractivity contribution in [2.75, 3.05) is 13.7 Å². The van der Waals surface area contributed by atoms with Crippen LogP contribution in [-0.4, -0.2) is 30.0 Å². The van der Waals surface area contributed by atoms with Crippen molar-refractivity contribution in [1.82, 2.24) is 4.57 Å². The van der Waals surface area contributed by atoms with E-state index in [-0.39, 0.29) is 18.4 Å². The van der Waals surface area contributed by atoms with Crippen LogP contribution in [0.3, 0.4) is 0 Å². The Kier molecular flexibility index (Phi) is 5.44. The maximum Gasteiger partial charge on any atom is 0.340 e. The molecule has 5 heteroatoms. The molecule has 0 aliphatic heterocycles. The van der Waals surface area contributed by atoms with Crippen LogP contribution in [0.15, 0.2) is 30.3 Å². The molecule has 0 aliphatic carbocycles.